The summed E-state index contributed by atoms with van der Waals surface area (Å²) in [4.78, 5) is 0. The van der Waals surface area contributed by atoms with Crippen LogP contribution in [0.3, 0.4) is 0 Å². The monoisotopic (exact) mass is 251 g/mol. The van der Waals surface area contributed by atoms with Crippen LogP contribution in [0.2, 0.25) is 10.0 Å². The van der Waals surface area contributed by atoms with Gasteiger partial charge in [-0.05, 0) is 17.7 Å². The Balaban J connectivity index is 3.07. The van der Waals surface area contributed by atoms with Crippen LogP contribution in [0, 0.1) is 11.3 Å². The molecule has 1 rings (SSSR count). The molecule has 1 aromatic carbocycles. The maximum Gasteiger partial charge on any atom is 0.387 e. The Morgan fingerprint density at radius 3 is 2.53 bits per heavy atom. The third-order valence-corrected chi connectivity index (χ3v) is 2.23. The molecular weight excluding hydrogens is 247 g/mol. The van der Waals surface area contributed by atoms with Crippen LogP contribution in [-0.4, -0.2) is 6.61 Å². The summed E-state index contributed by atoms with van der Waals surface area (Å²) in [6, 6.07) is 4.36. The molecule has 0 aliphatic carbocycles. The normalized spacial score (nSPS) is 10.1. The maximum atomic E-state index is 11.9. The van der Waals surface area contributed by atoms with Gasteiger partial charge in [0.2, 0.25) is 0 Å². The van der Waals surface area contributed by atoms with Gasteiger partial charge in [-0.3, -0.25) is 0 Å². The Bertz CT molecular complexity index is 404. The number of hydrogen-bond donors (Lipinski definition) is 0. The zero-order valence-electron chi connectivity index (χ0n) is 7.31. The highest BCUT2D eigenvalue weighted by Gasteiger charge is 2.12. The number of ether oxygens (including phenoxy) is 1. The quantitative estimate of drug-likeness (QED) is 0.822. The number of nitriles is 1. The van der Waals surface area contributed by atoms with Gasteiger partial charge < -0.3 is 4.74 Å². The first-order valence-electron chi connectivity index (χ1n) is 3.84. The molecule has 0 heterocycles. The molecule has 80 valence electrons. The van der Waals surface area contributed by atoms with Gasteiger partial charge in [-0.2, -0.15) is 14.0 Å². The molecule has 0 fully saturated rings. The Kier molecular flexibility index (Phi) is 4.13. The van der Waals surface area contributed by atoms with Crippen molar-refractivity contribution in [2.45, 2.75) is 13.0 Å². The van der Waals surface area contributed by atoms with Gasteiger partial charge in [0.05, 0.1) is 17.5 Å². The molecule has 0 amide bonds. The highest BCUT2D eigenvalue weighted by atomic mass is 35.5. The molecule has 0 N–H and O–H groups in total. The van der Waals surface area contributed by atoms with Crippen LogP contribution in [-0.2, 0) is 6.42 Å². The minimum absolute atomic E-state index is 0.00952. The molecular formula is C9H5Cl2F2NO. The van der Waals surface area contributed by atoms with Crippen molar-refractivity contribution in [2.75, 3.05) is 0 Å². The molecule has 15 heavy (non-hydrogen) atoms. The topological polar surface area (TPSA) is 33.0 Å². The lowest BCUT2D eigenvalue weighted by atomic mass is 10.1. The number of rotatable bonds is 3. The summed E-state index contributed by atoms with van der Waals surface area (Å²) >= 11 is 11.4. The van der Waals surface area contributed by atoms with Gasteiger partial charge >= 0.3 is 6.61 Å². The third kappa shape index (κ3) is 3.22. The average molecular weight is 252 g/mol. The van der Waals surface area contributed by atoms with E-state index in [9.17, 15) is 8.78 Å². The second-order valence-electron chi connectivity index (χ2n) is 2.59. The van der Waals surface area contributed by atoms with Gasteiger partial charge in [0.15, 0.2) is 0 Å². The summed E-state index contributed by atoms with van der Waals surface area (Å²) in [5.41, 5.74) is 0.402. The maximum absolute atomic E-state index is 11.9. The number of halogens is 4. The van der Waals surface area contributed by atoms with E-state index in [2.05, 4.69) is 4.74 Å². The van der Waals surface area contributed by atoms with E-state index >= 15 is 0 Å². The van der Waals surface area contributed by atoms with E-state index in [1.807, 2.05) is 6.07 Å². The zero-order valence-corrected chi connectivity index (χ0v) is 8.82. The van der Waals surface area contributed by atoms with Crippen LogP contribution in [0.15, 0.2) is 12.1 Å². The van der Waals surface area contributed by atoms with Crippen LogP contribution in [0.1, 0.15) is 5.56 Å². The Labute approximate surface area is 95.0 Å². The zero-order chi connectivity index (χ0) is 11.4. The Morgan fingerprint density at radius 2 is 2.00 bits per heavy atom. The second-order valence-corrected chi connectivity index (χ2v) is 3.40. The first-order chi connectivity index (χ1) is 7.04. The van der Waals surface area contributed by atoms with Gasteiger partial charge in [-0.25, -0.2) is 0 Å². The number of benzene rings is 1. The number of hydrogen-bond acceptors (Lipinski definition) is 2. The first kappa shape index (κ1) is 12.0. The van der Waals surface area contributed by atoms with Gasteiger partial charge in [0.25, 0.3) is 0 Å². The van der Waals surface area contributed by atoms with E-state index in [4.69, 9.17) is 28.5 Å². The number of alkyl halides is 2. The SMILES string of the molecule is N#CCc1cc(OC(F)F)c(Cl)cc1Cl. The summed E-state index contributed by atoms with van der Waals surface area (Å²) in [6.45, 7) is -2.96. The molecule has 0 aliphatic heterocycles. The van der Waals surface area contributed by atoms with Gasteiger partial charge in [0.1, 0.15) is 5.75 Å². The minimum Gasteiger partial charge on any atom is -0.433 e. The van der Waals surface area contributed by atoms with E-state index in [0.29, 0.717) is 5.56 Å². The van der Waals surface area contributed by atoms with Gasteiger partial charge in [-0.1, -0.05) is 23.2 Å². The Morgan fingerprint density at radius 1 is 1.33 bits per heavy atom. The van der Waals surface area contributed by atoms with Crippen molar-refractivity contribution in [1.82, 2.24) is 0 Å². The minimum atomic E-state index is -2.96. The van der Waals surface area contributed by atoms with Gasteiger partial charge in [-0.15, -0.1) is 0 Å². The molecule has 0 saturated heterocycles. The van der Waals surface area contributed by atoms with Gasteiger partial charge in [0, 0.05) is 5.02 Å². The van der Waals surface area contributed by atoms with Crippen molar-refractivity contribution in [1.29, 1.82) is 5.26 Å². The largest absolute Gasteiger partial charge is 0.433 e. The summed E-state index contributed by atoms with van der Waals surface area (Å²) in [5, 5.41) is 8.70. The summed E-state index contributed by atoms with van der Waals surface area (Å²) in [7, 11) is 0. The molecule has 0 spiro atoms. The van der Waals surface area contributed by atoms with Crippen LogP contribution in [0.4, 0.5) is 8.78 Å². The Hall–Kier alpha value is -1.05. The second kappa shape index (κ2) is 5.15. The van der Waals surface area contributed by atoms with E-state index in [1.54, 1.807) is 0 Å². The summed E-state index contributed by atoms with van der Waals surface area (Å²) in [6.07, 6.45) is 0.00952. The predicted molar refractivity (Wildman–Crippen MR) is 52.4 cm³/mol. The van der Waals surface area contributed by atoms with E-state index in [-0.39, 0.29) is 22.2 Å². The molecule has 0 aromatic heterocycles. The van der Waals surface area contributed by atoms with E-state index in [1.165, 1.54) is 12.1 Å². The molecule has 0 atom stereocenters. The summed E-state index contributed by atoms with van der Waals surface area (Å²) < 4.78 is 28.0. The lowest BCUT2D eigenvalue weighted by Crippen LogP contribution is -2.03. The smallest absolute Gasteiger partial charge is 0.387 e. The standard InChI is InChI=1S/C9H5Cl2F2NO/c10-6-4-7(11)8(15-9(12)13)3-5(6)1-2-14/h3-4,9H,1H2. The van der Waals surface area contributed by atoms with Crippen molar-refractivity contribution >= 4 is 23.2 Å². The molecule has 2 nitrogen and oxygen atoms in total. The van der Waals surface area contributed by atoms with E-state index < -0.39 is 6.61 Å². The van der Waals surface area contributed by atoms with Crippen LogP contribution < -0.4 is 4.74 Å². The first-order valence-corrected chi connectivity index (χ1v) is 4.60. The van der Waals surface area contributed by atoms with Crippen molar-refractivity contribution in [3.63, 3.8) is 0 Å². The third-order valence-electron chi connectivity index (χ3n) is 1.59. The van der Waals surface area contributed by atoms with Crippen molar-refractivity contribution < 1.29 is 13.5 Å². The van der Waals surface area contributed by atoms with Crippen LogP contribution in [0.5, 0.6) is 5.75 Å². The fourth-order valence-corrected chi connectivity index (χ4v) is 1.47. The van der Waals surface area contributed by atoms with E-state index in [0.717, 1.165) is 0 Å². The molecule has 0 radical (unpaired) electrons. The average Bonchev–Trinajstić information content (AvgIpc) is 2.12. The molecule has 0 aliphatic rings. The van der Waals surface area contributed by atoms with Crippen LogP contribution in [0.25, 0.3) is 0 Å². The molecule has 0 saturated carbocycles. The van der Waals surface area contributed by atoms with Crippen molar-refractivity contribution in [3.05, 3.63) is 27.7 Å². The lowest BCUT2D eigenvalue weighted by Gasteiger charge is -2.08. The highest BCUT2D eigenvalue weighted by Crippen LogP contribution is 2.32. The van der Waals surface area contributed by atoms with Crippen LogP contribution >= 0.6 is 23.2 Å². The molecule has 0 bridgehead atoms. The fourth-order valence-electron chi connectivity index (χ4n) is 0.978. The highest BCUT2D eigenvalue weighted by molar-refractivity contribution is 6.36. The summed E-state index contributed by atoms with van der Waals surface area (Å²) in [5.74, 6) is -0.179. The van der Waals surface area contributed by atoms with Crippen molar-refractivity contribution in [3.8, 4) is 11.8 Å². The van der Waals surface area contributed by atoms with Crippen molar-refractivity contribution in [2.24, 2.45) is 0 Å². The fraction of sp³-hybridized carbons (Fsp3) is 0.222. The number of nitrogens with zero attached hydrogens (tertiary/aromatic N) is 1. The molecule has 1 aromatic rings. The molecule has 0 unspecified atom stereocenters. The lowest BCUT2D eigenvalue weighted by molar-refractivity contribution is -0.0498. The molecule has 6 heteroatoms. The predicted octanol–water partition coefficient (Wildman–Crippen LogP) is 3.66.